The molecule has 1 saturated heterocycles. The Bertz CT molecular complexity index is 1030. The number of carboxylic acids is 1. The molecule has 0 aromatic heterocycles. The molecule has 2 N–H and O–H groups in total. The molecule has 8 nitrogen and oxygen atoms in total. The highest BCUT2D eigenvalue weighted by Gasteiger charge is 2.38. The molecule has 4 rings (SSSR count). The van der Waals surface area contributed by atoms with Crippen LogP contribution in [-0.4, -0.2) is 66.4 Å². The minimum atomic E-state index is -0.977. The summed E-state index contributed by atoms with van der Waals surface area (Å²) in [5, 5.41) is 11.8. The third-order valence-electron chi connectivity index (χ3n) is 6.79. The number of likely N-dealkylation sites (tertiary alicyclic amines) is 1. The second-order valence-electron chi connectivity index (χ2n) is 8.81. The second kappa shape index (κ2) is 10.3. The van der Waals surface area contributed by atoms with E-state index in [-0.39, 0.29) is 30.9 Å². The summed E-state index contributed by atoms with van der Waals surface area (Å²) in [6, 6.07) is 14.8. The van der Waals surface area contributed by atoms with E-state index in [4.69, 9.17) is 9.47 Å². The first kappa shape index (κ1) is 23.8. The van der Waals surface area contributed by atoms with Crippen molar-refractivity contribution in [3.8, 4) is 11.1 Å². The number of carboxylic acid groups (broad SMARTS) is 1. The molecular formula is C26H30N2O6. The summed E-state index contributed by atoms with van der Waals surface area (Å²) in [4.78, 5) is 38.8. The van der Waals surface area contributed by atoms with Crippen molar-refractivity contribution in [2.75, 3.05) is 20.3 Å². The highest BCUT2D eigenvalue weighted by Crippen LogP contribution is 2.44. The van der Waals surface area contributed by atoms with Crippen molar-refractivity contribution < 1.29 is 29.0 Å². The molecule has 2 aliphatic rings. The van der Waals surface area contributed by atoms with Crippen LogP contribution in [0, 0.1) is 0 Å². The number of nitrogens with one attached hydrogen (secondary N) is 1. The predicted molar refractivity (Wildman–Crippen MR) is 125 cm³/mol. The van der Waals surface area contributed by atoms with E-state index in [2.05, 4.69) is 17.4 Å². The number of alkyl carbamates (subject to hydrolysis) is 1. The van der Waals surface area contributed by atoms with Crippen molar-refractivity contribution in [2.24, 2.45) is 0 Å². The topological polar surface area (TPSA) is 105 Å². The average molecular weight is 467 g/mol. The van der Waals surface area contributed by atoms with Crippen molar-refractivity contribution in [3.63, 3.8) is 0 Å². The van der Waals surface area contributed by atoms with Gasteiger partial charge in [-0.3, -0.25) is 9.59 Å². The number of nitrogens with zero attached hydrogens (tertiary/aromatic N) is 1. The molecule has 1 aliphatic heterocycles. The maximum atomic E-state index is 13.2. The monoisotopic (exact) mass is 466 g/mol. The number of carbonyl (C=O) groups excluding carboxylic acids is 2. The van der Waals surface area contributed by atoms with E-state index in [0.717, 1.165) is 28.7 Å². The van der Waals surface area contributed by atoms with Crippen molar-refractivity contribution in [1.29, 1.82) is 0 Å². The molecule has 0 radical (unpaired) electrons. The predicted octanol–water partition coefficient (Wildman–Crippen LogP) is 3.39. The lowest BCUT2D eigenvalue weighted by Crippen LogP contribution is -2.55. The zero-order valence-corrected chi connectivity index (χ0v) is 19.4. The molecule has 2 aromatic carbocycles. The molecule has 2 aromatic rings. The Morgan fingerprint density at radius 3 is 2.29 bits per heavy atom. The molecular weight excluding hydrogens is 436 g/mol. The highest BCUT2D eigenvalue weighted by molar-refractivity contribution is 5.87. The zero-order chi connectivity index (χ0) is 24.2. The van der Waals surface area contributed by atoms with Gasteiger partial charge in [0.25, 0.3) is 0 Å². The Labute approximate surface area is 198 Å². The SMILES string of the molecule is COC(C)C(NC(=O)OCC1c2ccccc2-c2ccccc21)C(=O)N1CCC[C@@H]1CC(=O)O. The van der Waals surface area contributed by atoms with E-state index in [9.17, 15) is 19.5 Å². The Kier molecular flexibility index (Phi) is 7.17. The van der Waals surface area contributed by atoms with Crippen LogP contribution >= 0.6 is 0 Å². The van der Waals surface area contributed by atoms with Gasteiger partial charge >= 0.3 is 12.1 Å². The molecule has 0 spiro atoms. The van der Waals surface area contributed by atoms with Crippen LogP contribution in [-0.2, 0) is 19.1 Å². The van der Waals surface area contributed by atoms with E-state index in [1.54, 1.807) is 6.92 Å². The fourth-order valence-corrected chi connectivity index (χ4v) is 5.00. The summed E-state index contributed by atoms with van der Waals surface area (Å²) in [6.45, 7) is 2.28. The smallest absolute Gasteiger partial charge is 0.407 e. The first-order valence-electron chi connectivity index (χ1n) is 11.6. The summed E-state index contributed by atoms with van der Waals surface area (Å²) in [5.74, 6) is -1.40. The van der Waals surface area contributed by atoms with Gasteiger partial charge in [0.2, 0.25) is 5.91 Å². The number of aliphatic carboxylic acids is 1. The van der Waals surface area contributed by atoms with Crippen LogP contribution in [0.5, 0.6) is 0 Å². The van der Waals surface area contributed by atoms with Gasteiger partial charge in [0.15, 0.2) is 0 Å². The summed E-state index contributed by atoms with van der Waals surface area (Å²) in [7, 11) is 1.46. The van der Waals surface area contributed by atoms with Gasteiger partial charge in [-0.2, -0.15) is 0 Å². The Morgan fingerprint density at radius 1 is 1.09 bits per heavy atom. The Hall–Kier alpha value is -3.39. The Morgan fingerprint density at radius 2 is 1.71 bits per heavy atom. The number of hydrogen-bond donors (Lipinski definition) is 2. The van der Waals surface area contributed by atoms with E-state index >= 15 is 0 Å². The van der Waals surface area contributed by atoms with Crippen LogP contribution in [0.15, 0.2) is 48.5 Å². The number of amides is 2. The molecule has 1 fully saturated rings. The summed E-state index contributed by atoms with van der Waals surface area (Å²) >= 11 is 0. The first-order valence-corrected chi connectivity index (χ1v) is 11.6. The molecule has 180 valence electrons. The molecule has 34 heavy (non-hydrogen) atoms. The van der Waals surface area contributed by atoms with E-state index in [1.165, 1.54) is 12.0 Å². The molecule has 2 amide bonds. The molecule has 1 aliphatic carbocycles. The van der Waals surface area contributed by atoms with Gasteiger partial charge in [0.05, 0.1) is 12.5 Å². The van der Waals surface area contributed by atoms with Crippen LogP contribution in [0.1, 0.15) is 43.2 Å². The van der Waals surface area contributed by atoms with Gasteiger partial charge in [-0.1, -0.05) is 48.5 Å². The summed E-state index contributed by atoms with van der Waals surface area (Å²) in [5.41, 5.74) is 4.46. The fraction of sp³-hybridized carbons (Fsp3) is 0.423. The highest BCUT2D eigenvalue weighted by atomic mass is 16.5. The van der Waals surface area contributed by atoms with E-state index in [0.29, 0.717) is 13.0 Å². The van der Waals surface area contributed by atoms with Crippen LogP contribution < -0.4 is 5.32 Å². The average Bonchev–Trinajstić information content (AvgIpc) is 3.42. The fourth-order valence-electron chi connectivity index (χ4n) is 5.00. The molecule has 1 heterocycles. The van der Waals surface area contributed by atoms with Gasteiger partial charge in [-0.05, 0) is 42.0 Å². The number of carbonyl (C=O) groups is 3. The normalized spacial score (nSPS) is 18.6. The number of fused-ring (bicyclic) bond motifs is 3. The van der Waals surface area contributed by atoms with Crippen molar-refractivity contribution in [1.82, 2.24) is 10.2 Å². The lowest BCUT2D eigenvalue weighted by atomic mass is 9.98. The largest absolute Gasteiger partial charge is 0.481 e. The summed E-state index contributed by atoms with van der Waals surface area (Å²) in [6.07, 6.45) is -0.0953. The number of hydrogen-bond acceptors (Lipinski definition) is 5. The van der Waals surface area contributed by atoms with Crippen molar-refractivity contribution >= 4 is 18.0 Å². The maximum Gasteiger partial charge on any atom is 0.407 e. The minimum Gasteiger partial charge on any atom is -0.481 e. The van der Waals surface area contributed by atoms with Crippen molar-refractivity contribution in [2.45, 2.75) is 50.3 Å². The molecule has 0 bridgehead atoms. The minimum absolute atomic E-state index is 0.0920. The lowest BCUT2D eigenvalue weighted by Gasteiger charge is -2.31. The van der Waals surface area contributed by atoms with Crippen LogP contribution in [0.2, 0.25) is 0 Å². The first-order chi connectivity index (χ1) is 16.4. The third kappa shape index (κ3) is 4.77. The Balaban J connectivity index is 1.44. The van der Waals surface area contributed by atoms with Crippen LogP contribution in [0.3, 0.4) is 0 Å². The van der Waals surface area contributed by atoms with Crippen LogP contribution in [0.4, 0.5) is 4.79 Å². The van der Waals surface area contributed by atoms with E-state index in [1.807, 2.05) is 36.4 Å². The second-order valence-corrected chi connectivity index (χ2v) is 8.81. The number of benzene rings is 2. The maximum absolute atomic E-state index is 13.2. The standard InChI is InChI=1S/C26H30N2O6/c1-16(33-2)24(25(31)28-13-7-8-17(28)14-23(29)30)27-26(32)34-15-22-20-11-5-3-9-18(20)19-10-4-6-12-21(19)22/h3-6,9-12,16-17,22,24H,7-8,13-15H2,1-2H3,(H,27,32)(H,29,30)/t16?,17-,24?/m1/s1. The van der Waals surface area contributed by atoms with Crippen LogP contribution in [0.25, 0.3) is 11.1 Å². The number of ether oxygens (including phenoxy) is 2. The van der Waals surface area contributed by atoms with E-state index < -0.39 is 24.2 Å². The van der Waals surface area contributed by atoms with Gasteiger partial charge in [0.1, 0.15) is 12.6 Å². The number of rotatable bonds is 8. The zero-order valence-electron chi connectivity index (χ0n) is 19.4. The number of methoxy groups -OCH3 is 1. The van der Waals surface area contributed by atoms with Gasteiger partial charge in [-0.25, -0.2) is 4.79 Å². The quantitative estimate of drug-likeness (QED) is 0.618. The van der Waals surface area contributed by atoms with Crippen molar-refractivity contribution in [3.05, 3.63) is 59.7 Å². The van der Waals surface area contributed by atoms with Gasteiger partial charge in [-0.15, -0.1) is 0 Å². The third-order valence-corrected chi connectivity index (χ3v) is 6.79. The molecule has 3 atom stereocenters. The summed E-state index contributed by atoms with van der Waals surface area (Å²) < 4.78 is 10.9. The van der Waals surface area contributed by atoms with Gasteiger partial charge < -0.3 is 24.8 Å². The molecule has 2 unspecified atom stereocenters. The molecule has 8 heteroatoms. The lowest BCUT2D eigenvalue weighted by molar-refractivity contribution is -0.141. The molecule has 0 saturated carbocycles. The van der Waals surface area contributed by atoms with Gasteiger partial charge in [0, 0.05) is 25.6 Å².